The van der Waals surface area contributed by atoms with Gasteiger partial charge in [0.05, 0.1) is 16.5 Å². The van der Waals surface area contributed by atoms with Crippen LogP contribution in [0.1, 0.15) is 29.6 Å². The third kappa shape index (κ3) is 3.51. The van der Waals surface area contributed by atoms with E-state index in [1.54, 1.807) is 23.9 Å². The molecular formula is C13H14BrNO3S. The van der Waals surface area contributed by atoms with Gasteiger partial charge in [0.2, 0.25) is 5.91 Å². The molecule has 0 aromatic heterocycles. The monoisotopic (exact) mass is 343 g/mol. The van der Waals surface area contributed by atoms with Gasteiger partial charge < -0.3 is 10.4 Å². The van der Waals surface area contributed by atoms with Crippen molar-refractivity contribution >= 4 is 45.3 Å². The standard InChI is InChI=1S/C13H14BrNO3S/c14-9-5-3-4-8(13(17)18)11(9)15-12(16)10-6-1-2-7-19-10/h3-5,10H,1-2,6-7H2,(H,15,16)(H,17,18). The molecule has 0 spiro atoms. The average molecular weight is 344 g/mol. The molecule has 4 nitrogen and oxygen atoms in total. The number of amides is 1. The Morgan fingerprint density at radius 3 is 2.79 bits per heavy atom. The number of carbonyl (C=O) groups excluding carboxylic acids is 1. The minimum Gasteiger partial charge on any atom is -0.478 e. The summed E-state index contributed by atoms with van der Waals surface area (Å²) in [7, 11) is 0. The number of thioether (sulfide) groups is 1. The minimum atomic E-state index is -1.05. The molecule has 0 saturated carbocycles. The van der Waals surface area contributed by atoms with Crippen LogP contribution in [0.4, 0.5) is 5.69 Å². The number of benzene rings is 1. The molecule has 1 amide bonds. The van der Waals surface area contributed by atoms with Crippen molar-refractivity contribution in [3.63, 3.8) is 0 Å². The Labute approximate surface area is 124 Å². The second-order valence-electron chi connectivity index (χ2n) is 4.31. The zero-order chi connectivity index (χ0) is 13.8. The molecule has 0 bridgehead atoms. The second kappa shape index (κ2) is 6.43. The third-order valence-corrected chi connectivity index (χ3v) is 5.00. The largest absolute Gasteiger partial charge is 0.478 e. The topological polar surface area (TPSA) is 66.4 Å². The van der Waals surface area contributed by atoms with Gasteiger partial charge in [-0.15, -0.1) is 11.8 Å². The highest BCUT2D eigenvalue weighted by atomic mass is 79.9. The quantitative estimate of drug-likeness (QED) is 0.882. The van der Waals surface area contributed by atoms with Crippen molar-refractivity contribution in [2.24, 2.45) is 0 Å². The fraction of sp³-hybridized carbons (Fsp3) is 0.385. The number of carboxylic acid groups (broad SMARTS) is 1. The summed E-state index contributed by atoms with van der Waals surface area (Å²) < 4.78 is 0.585. The van der Waals surface area contributed by atoms with Gasteiger partial charge in [-0.3, -0.25) is 4.79 Å². The molecule has 0 aliphatic carbocycles. The molecule has 102 valence electrons. The first-order chi connectivity index (χ1) is 9.09. The summed E-state index contributed by atoms with van der Waals surface area (Å²) in [6.07, 6.45) is 3.04. The summed E-state index contributed by atoms with van der Waals surface area (Å²) >= 11 is 4.92. The van der Waals surface area contributed by atoms with Gasteiger partial charge in [0.25, 0.3) is 0 Å². The van der Waals surface area contributed by atoms with E-state index in [1.165, 1.54) is 6.07 Å². The predicted molar refractivity (Wildman–Crippen MR) is 79.8 cm³/mol. The lowest BCUT2D eigenvalue weighted by molar-refractivity contribution is -0.115. The SMILES string of the molecule is O=C(O)c1cccc(Br)c1NC(=O)C1CCCCS1. The van der Waals surface area contributed by atoms with Gasteiger partial charge in [0.1, 0.15) is 0 Å². The number of anilines is 1. The molecule has 1 heterocycles. The van der Waals surface area contributed by atoms with Crippen LogP contribution in [0.15, 0.2) is 22.7 Å². The first-order valence-corrected chi connectivity index (χ1v) is 7.88. The van der Waals surface area contributed by atoms with Crippen molar-refractivity contribution in [1.82, 2.24) is 0 Å². The smallest absolute Gasteiger partial charge is 0.337 e. The van der Waals surface area contributed by atoms with Crippen LogP contribution in [0.3, 0.4) is 0 Å². The van der Waals surface area contributed by atoms with Gasteiger partial charge in [0, 0.05) is 4.47 Å². The van der Waals surface area contributed by atoms with Crippen LogP contribution in [-0.4, -0.2) is 28.0 Å². The fourth-order valence-corrected chi connectivity index (χ4v) is 3.64. The molecule has 1 aromatic carbocycles. The highest BCUT2D eigenvalue weighted by Gasteiger charge is 2.24. The Hall–Kier alpha value is -1.01. The Bertz CT molecular complexity index is 501. The van der Waals surface area contributed by atoms with Crippen LogP contribution in [0, 0.1) is 0 Å². The van der Waals surface area contributed by atoms with Gasteiger partial charge in [0.15, 0.2) is 0 Å². The van der Waals surface area contributed by atoms with Crippen molar-refractivity contribution < 1.29 is 14.7 Å². The number of halogens is 1. The number of hydrogen-bond acceptors (Lipinski definition) is 3. The lowest BCUT2D eigenvalue weighted by Crippen LogP contribution is -2.28. The van der Waals surface area contributed by atoms with E-state index in [4.69, 9.17) is 5.11 Å². The lowest BCUT2D eigenvalue weighted by Gasteiger charge is -2.21. The highest BCUT2D eigenvalue weighted by molar-refractivity contribution is 9.10. The van der Waals surface area contributed by atoms with E-state index in [0.29, 0.717) is 10.2 Å². The summed E-state index contributed by atoms with van der Waals surface area (Å²) in [5.74, 6) is -0.174. The van der Waals surface area contributed by atoms with Crippen molar-refractivity contribution in [3.05, 3.63) is 28.2 Å². The van der Waals surface area contributed by atoms with Gasteiger partial charge in [-0.25, -0.2) is 4.79 Å². The number of hydrogen-bond donors (Lipinski definition) is 2. The average Bonchev–Trinajstić information content (AvgIpc) is 2.41. The van der Waals surface area contributed by atoms with Crippen molar-refractivity contribution in [3.8, 4) is 0 Å². The molecule has 19 heavy (non-hydrogen) atoms. The number of rotatable bonds is 3. The molecule has 1 aliphatic heterocycles. The van der Waals surface area contributed by atoms with Gasteiger partial charge >= 0.3 is 5.97 Å². The Morgan fingerprint density at radius 1 is 1.37 bits per heavy atom. The van der Waals surface area contributed by atoms with Gasteiger partial charge in [-0.1, -0.05) is 12.5 Å². The fourth-order valence-electron chi connectivity index (χ4n) is 1.98. The lowest BCUT2D eigenvalue weighted by atomic mass is 10.1. The maximum atomic E-state index is 12.1. The normalized spacial score (nSPS) is 18.9. The number of carbonyl (C=O) groups is 2. The predicted octanol–water partition coefficient (Wildman–Crippen LogP) is 3.37. The van der Waals surface area contributed by atoms with Gasteiger partial charge in [-0.2, -0.15) is 0 Å². The Balaban J connectivity index is 2.18. The molecule has 1 unspecified atom stereocenters. The molecule has 1 aromatic rings. The second-order valence-corrected chi connectivity index (χ2v) is 6.48. The minimum absolute atomic E-state index is 0.0810. The first-order valence-electron chi connectivity index (χ1n) is 6.04. The van der Waals surface area contributed by atoms with E-state index < -0.39 is 5.97 Å². The van der Waals surface area contributed by atoms with E-state index in [9.17, 15) is 9.59 Å². The summed E-state index contributed by atoms with van der Waals surface area (Å²) in [6, 6.07) is 4.84. The molecule has 1 atom stereocenters. The summed E-state index contributed by atoms with van der Waals surface area (Å²) in [6.45, 7) is 0. The molecule has 1 saturated heterocycles. The maximum Gasteiger partial charge on any atom is 0.337 e. The Kier molecular flexibility index (Phi) is 4.87. The van der Waals surface area contributed by atoms with E-state index in [-0.39, 0.29) is 16.7 Å². The van der Waals surface area contributed by atoms with E-state index in [1.807, 2.05) is 0 Å². The van der Waals surface area contributed by atoms with E-state index in [2.05, 4.69) is 21.2 Å². The van der Waals surface area contributed by atoms with Crippen LogP contribution in [0.5, 0.6) is 0 Å². The number of nitrogens with one attached hydrogen (secondary N) is 1. The zero-order valence-electron chi connectivity index (χ0n) is 10.2. The zero-order valence-corrected chi connectivity index (χ0v) is 12.6. The molecular weight excluding hydrogens is 330 g/mol. The summed E-state index contributed by atoms with van der Waals surface area (Å²) in [5.41, 5.74) is 0.440. The number of aromatic carboxylic acids is 1. The van der Waals surface area contributed by atoms with Gasteiger partial charge in [-0.05, 0) is 46.7 Å². The van der Waals surface area contributed by atoms with Crippen LogP contribution < -0.4 is 5.32 Å². The molecule has 1 fully saturated rings. The van der Waals surface area contributed by atoms with Crippen molar-refractivity contribution in [2.45, 2.75) is 24.5 Å². The molecule has 6 heteroatoms. The summed E-state index contributed by atoms with van der Waals surface area (Å²) in [4.78, 5) is 23.3. The maximum absolute atomic E-state index is 12.1. The van der Waals surface area contributed by atoms with Crippen LogP contribution in [0.2, 0.25) is 0 Å². The van der Waals surface area contributed by atoms with Crippen LogP contribution >= 0.6 is 27.7 Å². The van der Waals surface area contributed by atoms with Crippen molar-refractivity contribution in [1.29, 1.82) is 0 Å². The van der Waals surface area contributed by atoms with Crippen LogP contribution in [-0.2, 0) is 4.79 Å². The van der Waals surface area contributed by atoms with Crippen molar-refractivity contribution in [2.75, 3.05) is 11.1 Å². The third-order valence-electron chi connectivity index (χ3n) is 2.96. The number of carboxylic acids is 1. The molecule has 1 aliphatic rings. The van der Waals surface area contributed by atoms with E-state index in [0.717, 1.165) is 25.0 Å². The first kappa shape index (κ1) is 14.4. The Morgan fingerprint density at radius 2 is 2.16 bits per heavy atom. The molecule has 2 rings (SSSR count). The molecule has 2 N–H and O–H groups in total. The van der Waals surface area contributed by atoms with E-state index >= 15 is 0 Å². The highest BCUT2D eigenvalue weighted by Crippen LogP contribution is 2.30. The number of para-hydroxylation sites is 1. The summed E-state index contributed by atoms with van der Waals surface area (Å²) in [5, 5.41) is 11.8. The molecule has 0 radical (unpaired) electrons. The van der Waals surface area contributed by atoms with Crippen LogP contribution in [0.25, 0.3) is 0 Å².